The molecule has 0 saturated heterocycles. The summed E-state index contributed by atoms with van der Waals surface area (Å²) in [7, 11) is 0. The van der Waals surface area contributed by atoms with Gasteiger partial charge in [0.1, 0.15) is 0 Å². The number of nitrogens with two attached hydrogens (primary N) is 1. The van der Waals surface area contributed by atoms with E-state index in [1.54, 1.807) is 0 Å². The number of hydrogen-bond acceptors (Lipinski definition) is 2. The third-order valence-electron chi connectivity index (χ3n) is 12.7. The molecule has 3 atom stereocenters. The highest BCUT2D eigenvalue weighted by atomic mass is 16.3. The van der Waals surface area contributed by atoms with Gasteiger partial charge in [-0.25, -0.2) is 0 Å². The molecule has 0 radical (unpaired) electrons. The van der Waals surface area contributed by atoms with Crippen LogP contribution in [0, 0.1) is 17.8 Å². The van der Waals surface area contributed by atoms with E-state index in [-0.39, 0.29) is 6.10 Å². The first-order valence-electron chi connectivity index (χ1n) is 22.1. The Bertz CT molecular complexity index is 626. The van der Waals surface area contributed by atoms with Gasteiger partial charge in [-0.2, -0.15) is 0 Å². The molecule has 2 aliphatic carbocycles. The van der Waals surface area contributed by atoms with Crippen molar-refractivity contribution in [2.75, 3.05) is 0 Å². The molecule has 2 heteroatoms. The molecule has 2 nitrogen and oxygen atoms in total. The second-order valence-corrected chi connectivity index (χ2v) is 16.6. The molecule has 2 saturated carbocycles. The zero-order chi connectivity index (χ0) is 33.0. The van der Waals surface area contributed by atoms with Crippen LogP contribution in [-0.2, 0) is 0 Å². The molecule has 0 aliphatic heterocycles. The van der Waals surface area contributed by atoms with E-state index in [1.165, 1.54) is 225 Å². The SMILES string of the molecule is CCCCCCCCC(CCC)C(N)(C(O)CCCCCCC1CCCCCCCCCCC1)C1CCCCCCCCCCC1. The highest BCUT2D eigenvalue weighted by Crippen LogP contribution is 2.41. The van der Waals surface area contributed by atoms with E-state index in [2.05, 4.69) is 13.8 Å². The molecule has 0 amide bonds. The summed E-state index contributed by atoms with van der Waals surface area (Å²) < 4.78 is 0. The molecule has 0 aromatic rings. The van der Waals surface area contributed by atoms with E-state index in [0.29, 0.717) is 11.8 Å². The minimum Gasteiger partial charge on any atom is -0.391 e. The first kappa shape index (κ1) is 42.1. The van der Waals surface area contributed by atoms with Crippen LogP contribution >= 0.6 is 0 Å². The average Bonchev–Trinajstić information content (AvgIpc) is 3.04. The maximum atomic E-state index is 12.2. The number of unbranched alkanes of at least 4 members (excludes halogenated alkanes) is 8. The monoisotopic (exact) mass is 646 g/mol. The van der Waals surface area contributed by atoms with Crippen LogP contribution in [0.15, 0.2) is 0 Å². The lowest BCUT2D eigenvalue weighted by molar-refractivity contribution is -0.0147. The fourth-order valence-electron chi connectivity index (χ4n) is 9.62. The van der Waals surface area contributed by atoms with Gasteiger partial charge in [-0.3, -0.25) is 0 Å². The first-order valence-corrected chi connectivity index (χ1v) is 22.1. The van der Waals surface area contributed by atoms with Crippen LogP contribution in [0.5, 0.6) is 0 Å². The predicted octanol–water partition coefficient (Wildman–Crippen LogP) is 14.4. The number of aliphatic hydroxyl groups excluding tert-OH is 1. The molecule has 2 aliphatic rings. The Kier molecular flexibility index (Phi) is 26.3. The third-order valence-corrected chi connectivity index (χ3v) is 12.7. The Morgan fingerprint density at radius 2 is 0.891 bits per heavy atom. The standard InChI is InChI=1S/C44H87NO/c1-3-5-6-7-20-28-36-41(32-4-2)44(45,42-37-29-21-16-12-9-13-17-22-30-38-42)43(46)39-31-24-23-27-35-40-33-25-18-14-10-8-11-15-19-26-34-40/h40-43,46H,3-39,45H2,1-2H3. The summed E-state index contributed by atoms with van der Waals surface area (Å²) >= 11 is 0. The first-order chi connectivity index (χ1) is 22.6. The second kappa shape index (κ2) is 28.7. The zero-order valence-electron chi connectivity index (χ0n) is 32.0. The summed E-state index contributed by atoms with van der Waals surface area (Å²) in [6, 6.07) is 0. The molecule has 46 heavy (non-hydrogen) atoms. The summed E-state index contributed by atoms with van der Waals surface area (Å²) in [5, 5.41) is 12.2. The van der Waals surface area contributed by atoms with Crippen molar-refractivity contribution < 1.29 is 5.11 Å². The van der Waals surface area contributed by atoms with Gasteiger partial charge in [0.25, 0.3) is 0 Å². The average molecular weight is 646 g/mol. The van der Waals surface area contributed by atoms with Gasteiger partial charge in [-0.05, 0) is 49.9 Å². The van der Waals surface area contributed by atoms with Gasteiger partial charge in [-0.15, -0.1) is 0 Å². The van der Waals surface area contributed by atoms with E-state index in [9.17, 15) is 5.11 Å². The molecule has 0 aromatic heterocycles. The van der Waals surface area contributed by atoms with Gasteiger partial charge < -0.3 is 10.8 Å². The molecular formula is C44H87NO. The minimum atomic E-state index is -0.406. The number of aliphatic hydroxyl groups is 1. The van der Waals surface area contributed by atoms with Crippen LogP contribution in [0.25, 0.3) is 0 Å². The summed E-state index contributed by atoms with van der Waals surface area (Å²) in [5.74, 6) is 1.93. The second-order valence-electron chi connectivity index (χ2n) is 16.6. The lowest BCUT2D eigenvalue weighted by Gasteiger charge is -2.48. The smallest absolute Gasteiger partial charge is 0.0725 e. The van der Waals surface area contributed by atoms with E-state index in [4.69, 9.17) is 5.73 Å². The lowest BCUT2D eigenvalue weighted by atomic mass is 9.64. The van der Waals surface area contributed by atoms with Crippen molar-refractivity contribution in [1.82, 2.24) is 0 Å². The van der Waals surface area contributed by atoms with Gasteiger partial charge in [0.15, 0.2) is 0 Å². The van der Waals surface area contributed by atoms with E-state index < -0.39 is 5.54 Å². The molecule has 2 rings (SSSR count). The fraction of sp³-hybridized carbons (Fsp3) is 1.00. The lowest BCUT2D eigenvalue weighted by Crippen LogP contribution is -2.61. The number of rotatable bonds is 19. The summed E-state index contributed by atoms with van der Waals surface area (Å²) in [5.41, 5.74) is 7.34. The van der Waals surface area contributed by atoms with E-state index in [0.717, 1.165) is 18.8 Å². The third kappa shape index (κ3) is 18.6. The molecule has 3 unspecified atom stereocenters. The van der Waals surface area contributed by atoms with E-state index >= 15 is 0 Å². The molecular weight excluding hydrogens is 558 g/mol. The Morgan fingerprint density at radius 3 is 1.39 bits per heavy atom. The van der Waals surface area contributed by atoms with Gasteiger partial charge in [-0.1, -0.05) is 219 Å². The maximum absolute atomic E-state index is 12.2. The van der Waals surface area contributed by atoms with Crippen molar-refractivity contribution in [3.05, 3.63) is 0 Å². The fourth-order valence-corrected chi connectivity index (χ4v) is 9.62. The molecule has 2 fully saturated rings. The molecule has 274 valence electrons. The minimum absolute atomic E-state index is 0.339. The van der Waals surface area contributed by atoms with Gasteiger partial charge in [0.2, 0.25) is 0 Å². The largest absolute Gasteiger partial charge is 0.391 e. The Morgan fingerprint density at radius 1 is 0.478 bits per heavy atom. The van der Waals surface area contributed by atoms with Crippen molar-refractivity contribution in [2.45, 2.75) is 263 Å². The van der Waals surface area contributed by atoms with Crippen LogP contribution in [0.1, 0.15) is 251 Å². The molecule has 0 bridgehead atoms. The molecule has 0 spiro atoms. The predicted molar refractivity (Wildman–Crippen MR) is 206 cm³/mol. The normalized spacial score (nSPS) is 22.4. The maximum Gasteiger partial charge on any atom is 0.0725 e. The summed E-state index contributed by atoms with van der Waals surface area (Å²) in [6.07, 6.45) is 50.0. The van der Waals surface area contributed by atoms with Crippen LogP contribution in [0.3, 0.4) is 0 Å². The quantitative estimate of drug-likeness (QED) is 0.137. The van der Waals surface area contributed by atoms with Crippen LogP contribution in [-0.4, -0.2) is 16.7 Å². The van der Waals surface area contributed by atoms with Crippen molar-refractivity contribution in [3.63, 3.8) is 0 Å². The van der Waals surface area contributed by atoms with Gasteiger partial charge in [0, 0.05) is 5.54 Å². The highest BCUT2D eigenvalue weighted by molar-refractivity contribution is 5.02. The number of hydrogen-bond donors (Lipinski definition) is 2. The Hall–Kier alpha value is -0.0800. The highest BCUT2D eigenvalue weighted by Gasteiger charge is 2.45. The van der Waals surface area contributed by atoms with E-state index in [1.807, 2.05) is 0 Å². The Labute approximate surface area is 291 Å². The van der Waals surface area contributed by atoms with Crippen LogP contribution in [0.4, 0.5) is 0 Å². The zero-order valence-corrected chi connectivity index (χ0v) is 32.0. The van der Waals surface area contributed by atoms with Crippen molar-refractivity contribution in [2.24, 2.45) is 23.5 Å². The summed E-state index contributed by atoms with van der Waals surface area (Å²) in [4.78, 5) is 0. The Balaban J connectivity index is 1.96. The topological polar surface area (TPSA) is 46.2 Å². The van der Waals surface area contributed by atoms with Gasteiger partial charge in [0.05, 0.1) is 6.10 Å². The summed E-state index contributed by atoms with van der Waals surface area (Å²) in [6.45, 7) is 4.66. The molecule has 0 heterocycles. The van der Waals surface area contributed by atoms with Crippen molar-refractivity contribution >= 4 is 0 Å². The molecule has 0 aromatic carbocycles. The van der Waals surface area contributed by atoms with Gasteiger partial charge >= 0.3 is 0 Å². The molecule has 3 N–H and O–H groups in total. The van der Waals surface area contributed by atoms with Crippen molar-refractivity contribution in [3.8, 4) is 0 Å². The van der Waals surface area contributed by atoms with Crippen molar-refractivity contribution in [1.29, 1.82) is 0 Å². The van der Waals surface area contributed by atoms with Crippen LogP contribution < -0.4 is 5.73 Å². The van der Waals surface area contributed by atoms with Crippen LogP contribution in [0.2, 0.25) is 0 Å².